The van der Waals surface area contributed by atoms with Gasteiger partial charge in [-0.3, -0.25) is 10.2 Å². The Labute approximate surface area is 145 Å². The van der Waals surface area contributed by atoms with Crippen molar-refractivity contribution in [2.45, 2.75) is 18.2 Å². The first-order valence-corrected chi connectivity index (χ1v) is 8.99. The van der Waals surface area contributed by atoms with Crippen LogP contribution in [0, 0.1) is 6.92 Å². The van der Waals surface area contributed by atoms with Crippen molar-refractivity contribution in [2.75, 3.05) is 6.61 Å². The average Bonchev–Trinajstić information content (AvgIpc) is 2.57. The first-order chi connectivity index (χ1) is 11.4. The number of hydrogen-bond acceptors (Lipinski definition) is 4. The van der Waals surface area contributed by atoms with Gasteiger partial charge in [-0.25, -0.2) is 8.42 Å². The molecule has 2 rings (SSSR count). The molecule has 0 fully saturated rings. The maximum atomic E-state index is 11.9. The summed E-state index contributed by atoms with van der Waals surface area (Å²) in [6, 6.07) is 12.9. The highest BCUT2D eigenvalue weighted by Crippen LogP contribution is 2.21. The number of ether oxygens (including phenoxy) is 1. The van der Waals surface area contributed by atoms with Crippen molar-refractivity contribution in [3.63, 3.8) is 0 Å². The number of hydrazine groups is 1. The Morgan fingerprint density at radius 3 is 2.54 bits per heavy atom. The highest BCUT2D eigenvalue weighted by Gasteiger charge is 2.14. The van der Waals surface area contributed by atoms with Gasteiger partial charge in [0.25, 0.3) is 10.0 Å². The molecule has 0 aliphatic heterocycles. The van der Waals surface area contributed by atoms with Gasteiger partial charge in [-0.1, -0.05) is 29.8 Å². The van der Waals surface area contributed by atoms with Crippen LogP contribution < -0.4 is 15.0 Å². The van der Waals surface area contributed by atoms with E-state index >= 15 is 0 Å². The molecule has 8 heteroatoms. The van der Waals surface area contributed by atoms with E-state index in [4.69, 9.17) is 16.3 Å². The minimum atomic E-state index is -3.78. The molecule has 0 saturated carbocycles. The fraction of sp³-hybridized carbons (Fsp3) is 0.188. The second-order valence-corrected chi connectivity index (χ2v) is 7.07. The number of hydrogen-bond donors (Lipinski definition) is 2. The van der Waals surface area contributed by atoms with Gasteiger partial charge in [0.1, 0.15) is 5.75 Å². The molecule has 0 spiro atoms. The van der Waals surface area contributed by atoms with Crippen LogP contribution in [0.4, 0.5) is 0 Å². The number of rotatable bonds is 7. The molecule has 0 unspecified atom stereocenters. The summed E-state index contributed by atoms with van der Waals surface area (Å²) < 4.78 is 29.3. The largest absolute Gasteiger partial charge is 0.493 e. The van der Waals surface area contributed by atoms with Crippen molar-refractivity contribution in [1.82, 2.24) is 10.3 Å². The summed E-state index contributed by atoms with van der Waals surface area (Å²) in [7, 11) is -3.78. The molecule has 2 N–H and O–H groups in total. The first kappa shape index (κ1) is 18.3. The van der Waals surface area contributed by atoms with Crippen LogP contribution in [0.15, 0.2) is 53.4 Å². The first-order valence-electron chi connectivity index (χ1n) is 7.13. The number of carbonyl (C=O) groups is 1. The zero-order valence-corrected chi connectivity index (χ0v) is 14.5. The van der Waals surface area contributed by atoms with E-state index in [2.05, 4.69) is 5.43 Å². The lowest BCUT2D eigenvalue weighted by Crippen LogP contribution is -2.41. The Kier molecular flexibility index (Phi) is 6.19. The summed E-state index contributed by atoms with van der Waals surface area (Å²) in [6.07, 6.45) is -0.00101. The Bertz CT molecular complexity index is 810. The van der Waals surface area contributed by atoms with E-state index in [-0.39, 0.29) is 17.9 Å². The van der Waals surface area contributed by atoms with Crippen LogP contribution in [0.25, 0.3) is 0 Å². The van der Waals surface area contributed by atoms with Crippen LogP contribution in [0.2, 0.25) is 5.02 Å². The van der Waals surface area contributed by atoms with E-state index in [0.717, 1.165) is 5.56 Å². The minimum absolute atomic E-state index is 0.00101. The smallest absolute Gasteiger partial charge is 0.257 e. The van der Waals surface area contributed by atoms with Crippen molar-refractivity contribution in [2.24, 2.45) is 0 Å². The van der Waals surface area contributed by atoms with E-state index in [1.54, 1.807) is 36.4 Å². The molecule has 0 saturated heterocycles. The van der Waals surface area contributed by atoms with Crippen LogP contribution in [-0.2, 0) is 14.8 Å². The second-order valence-electron chi connectivity index (χ2n) is 4.98. The van der Waals surface area contributed by atoms with Crippen LogP contribution >= 0.6 is 11.6 Å². The second kappa shape index (κ2) is 8.14. The van der Waals surface area contributed by atoms with E-state index in [9.17, 15) is 13.2 Å². The van der Waals surface area contributed by atoms with Gasteiger partial charge in [-0.05, 0) is 42.8 Å². The summed E-state index contributed by atoms with van der Waals surface area (Å²) in [4.78, 5) is 13.8. The van der Waals surface area contributed by atoms with E-state index in [1.165, 1.54) is 12.1 Å². The predicted octanol–water partition coefficient (Wildman–Crippen LogP) is 2.43. The van der Waals surface area contributed by atoms with Crippen molar-refractivity contribution in [3.8, 4) is 5.75 Å². The molecule has 24 heavy (non-hydrogen) atoms. The van der Waals surface area contributed by atoms with Crippen LogP contribution in [0.1, 0.15) is 12.0 Å². The molecule has 0 aromatic heterocycles. The van der Waals surface area contributed by atoms with Crippen molar-refractivity contribution >= 4 is 27.5 Å². The van der Waals surface area contributed by atoms with Crippen LogP contribution in [-0.4, -0.2) is 20.9 Å². The molecule has 0 aliphatic carbocycles. The van der Waals surface area contributed by atoms with E-state index in [1.807, 2.05) is 11.8 Å². The Morgan fingerprint density at radius 1 is 1.17 bits per heavy atom. The molecule has 2 aromatic carbocycles. The quantitative estimate of drug-likeness (QED) is 0.735. The lowest BCUT2D eigenvalue weighted by Gasteiger charge is -2.10. The zero-order valence-electron chi connectivity index (χ0n) is 13.0. The molecule has 2 aromatic rings. The number of amides is 1. The number of carbonyl (C=O) groups excluding carboxylic acids is 1. The molecule has 128 valence electrons. The lowest BCUT2D eigenvalue weighted by molar-refractivity contribution is -0.122. The van der Waals surface area contributed by atoms with Crippen molar-refractivity contribution < 1.29 is 17.9 Å². The molecule has 1 amide bonds. The van der Waals surface area contributed by atoms with E-state index in [0.29, 0.717) is 10.8 Å². The fourth-order valence-corrected chi connectivity index (χ4v) is 2.81. The van der Waals surface area contributed by atoms with Gasteiger partial charge in [-0.2, -0.15) is 0 Å². The molecule has 0 atom stereocenters. The van der Waals surface area contributed by atoms with Crippen molar-refractivity contribution in [1.29, 1.82) is 0 Å². The third-order valence-electron chi connectivity index (χ3n) is 3.11. The Balaban J connectivity index is 1.78. The number of aryl methyl sites for hydroxylation is 1. The van der Waals surface area contributed by atoms with Gasteiger partial charge in [0.05, 0.1) is 17.9 Å². The third kappa shape index (κ3) is 5.23. The molecule has 0 radical (unpaired) electrons. The summed E-state index contributed by atoms with van der Waals surface area (Å²) in [5.74, 6) is 0.0924. The maximum absolute atomic E-state index is 11.9. The maximum Gasteiger partial charge on any atom is 0.257 e. The standard InChI is InChI=1S/C16H17ClN2O4S/c1-12-11-13(7-8-15(12)17)23-10-9-16(20)18-19-24(21,22)14-5-3-2-4-6-14/h2-8,11,19H,9-10H2,1H3,(H,18,20). The highest BCUT2D eigenvalue weighted by molar-refractivity contribution is 7.89. The number of sulfonamides is 1. The highest BCUT2D eigenvalue weighted by atomic mass is 35.5. The molecule has 0 bridgehead atoms. The SMILES string of the molecule is Cc1cc(OCCC(=O)NNS(=O)(=O)c2ccccc2)ccc1Cl. The van der Waals surface area contributed by atoms with Crippen LogP contribution in [0.3, 0.4) is 0 Å². The number of benzene rings is 2. The topological polar surface area (TPSA) is 84.5 Å². The predicted molar refractivity (Wildman–Crippen MR) is 91.2 cm³/mol. The summed E-state index contributed by atoms with van der Waals surface area (Å²) in [5.41, 5.74) is 3.02. The van der Waals surface area contributed by atoms with Gasteiger partial charge < -0.3 is 4.74 Å². The third-order valence-corrected chi connectivity index (χ3v) is 4.79. The van der Waals surface area contributed by atoms with E-state index < -0.39 is 15.9 Å². The fourth-order valence-electron chi connectivity index (χ4n) is 1.81. The summed E-state index contributed by atoms with van der Waals surface area (Å²) in [5, 5.41) is 0.635. The number of nitrogens with one attached hydrogen (secondary N) is 2. The van der Waals surface area contributed by atoms with Crippen molar-refractivity contribution in [3.05, 3.63) is 59.1 Å². The van der Waals surface area contributed by atoms with Gasteiger partial charge in [0.15, 0.2) is 0 Å². The molecular weight excluding hydrogens is 352 g/mol. The van der Waals surface area contributed by atoms with Gasteiger partial charge in [0.2, 0.25) is 5.91 Å². The average molecular weight is 369 g/mol. The Morgan fingerprint density at radius 2 is 1.88 bits per heavy atom. The minimum Gasteiger partial charge on any atom is -0.493 e. The zero-order chi connectivity index (χ0) is 17.6. The van der Waals surface area contributed by atoms with Gasteiger partial charge >= 0.3 is 0 Å². The molecule has 6 nitrogen and oxygen atoms in total. The lowest BCUT2D eigenvalue weighted by atomic mass is 10.2. The summed E-state index contributed by atoms with van der Waals surface area (Å²) in [6.45, 7) is 1.96. The number of halogens is 1. The van der Waals surface area contributed by atoms with Crippen LogP contribution in [0.5, 0.6) is 5.75 Å². The monoisotopic (exact) mass is 368 g/mol. The molecule has 0 heterocycles. The van der Waals surface area contributed by atoms with Gasteiger partial charge in [0, 0.05) is 5.02 Å². The summed E-state index contributed by atoms with van der Waals surface area (Å²) >= 11 is 5.91. The van der Waals surface area contributed by atoms with Gasteiger partial charge in [-0.15, -0.1) is 4.83 Å². The molecular formula is C16H17ClN2O4S. The normalized spacial score (nSPS) is 11.1. The Hall–Kier alpha value is -2.09. The molecule has 0 aliphatic rings.